The molecule has 0 saturated carbocycles. The molecule has 2 rings (SSSR count). The number of hydrogen-bond acceptors (Lipinski definition) is 4. The van der Waals surface area contributed by atoms with Crippen molar-refractivity contribution in [1.82, 2.24) is 10.2 Å². The van der Waals surface area contributed by atoms with Gasteiger partial charge in [-0.1, -0.05) is 18.2 Å². The molecular formula is C13H20IN3O. The van der Waals surface area contributed by atoms with Gasteiger partial charge in [-0.2, -0.15) is 0 Å². The number of ether oxygens (including phenoxy) is 1. The van der Waals surface area contributed by atoms with E-state index in [1.54, 1.807) is 7.11 Å². The first-order valence-electron chi connectivity index (χ1n) is 5.92. The van der Waals surface area contributed by atoms with Crippen LogP contribution in [0.4, 0.5) is 0 Å². The van der Waals surface area contributed by atoms with E-state index < -0.39 is 0 Å². The molecule has 0 spiro atoms. The van der Waals surface area contributed by atoms with Gasteiger partial charge in [0.15, 0.2) is 5.96 Å². The molecule has 18 heavy (non-hydrogen) atoms. The van der Waals surface area contributed by atoms with Gasteiger partial charge in [-0.25, -0.2) is 0 Å². The van der Waals surface area contributed by atoms with Crippen molar-refractivity contribution in [3.8, 4) is 5.75 Å². The maximum absolute atomic E-state index is 5.32. The summed E-state index contributed by atoms with van der Waals surface area (Å²) in [7, 11) is 3.77. The van der Waals surface area contributed by atoms with E-state index >= 15 is 0 Å². The molecule has 1 aromatic rings. The Kier molecular flexibility index (Phi) is 6.24. The molecule has 1 aliphatic heterocycles. The Morgan fingerprint density at radius 3 is 2.83 bits per heavy atom. The normalized spacial score (nSPS) is 13.9. The van der Waals surface area contributed by atoms with Gasteiger partial charge in [0.2, 0.25) is 0 Å². The lowest BCUT2D eigenvalue weighted by molar-refractivity contribution is 0.409. The van der Waals surface area contributed by atoms with Gasteiger partial charge in [-0.05, 0) is 18.1 Å². The third kappa shape index (κ3) is 3.76. The first-order chi connectivity index (χ1) is 8.31. The average molecular weight is 361 g/mol. The van der Waals surface area contributed by atoms with Gasteiger partial charge in [0.25, 0.3) is 0 Å². The lowest BCUT2D eigenvalue weighted by Gasteiger charge is -2.15. The van der Waals surface area contributed by atoms with Crippen LogP contribution in [0.15, 0.2) is 29.3 Å². The number of likely N-dealkylation sites (N-methyl/N-ethyl adjacent to an activating group) is 1. The summed E-state index contributed by atoms with van der Waals surface area (Å²) < 4.78 is 5.32. The topological polar surface area (TPSA) is 36.9 Å². The van der Waals surface area contributed by atoms with Crippen molar-refractivity contribution in [3.63, 3.8) is 0 Å². The van der Waals surface area contributed by atoms with Crippen LogP contribution in [-0.2, 0) is 6.42 Å². The van der Waals surface area contributed by atoms with E-state index in [1.165, 1.54) is 5.56 Å². The van der Waals surface area contributed by atoms with E-state index in [0.29, 0.717) is 0 Å². The van der Waals surface area contributed by atoms with Crippen molar-refractivity contribution in [1.29, 1.82) is 0 Å². The molecular weight excluding hydrogens is 341 g/mol. The zero-order valence-electron chi connectivity index (χ0n) is 10.8. The standard InChI is InChI=1S/C13H19N3O.HI/c1-16-10-9-15-13(16)14-8-7-11-5-3-4-6-12(11)17-2;/h3-6H,7-10H2,1-2H3,(H,14,15);1H. The van der Waals surface area contributed by atoms with Gasteiger partial charge in [0, 0.05) is 20.1 Å². The van der Waals surface area contributed by atoms with Gasteiger partial charge in [-0.3, -0.25) is 4.99 Å². The summed E-state index contributed by atoms with van der Waals surface area (Å²) >= 11 is 0. The summed E-state index contributed by atoms with van der Waals surface area (Å²) in [5.41, 5.74) is 1.23. The molecule has 0 amide bonds. The highest BCUT2D eigenvalue weighted by Crippen LogP contribution is 2.17. The summed E-state index contributed by atoms with van der Waals surface area (Å²) in [6, 6.07) is 8.12. The van der Waals surface area contributed by atoms with Crippen LogP contribution in [0.3, 0.4) is 0 Å². The van der Waals surface area contributed by atoms with Crippen molar-refractivity contribution in [2.24, 2.45) is 4.99 Å². The zero-order valence-corrected chi connectivity index (χ0v) is 13.2. The van der Waals surface area contributed by atoms with Crippen LogP contribution in [0.1, 0.15) is 5.56 Å². The maximum atomic E-state index is 5.32. The number of aliphatic imine (C=N–C) groups is 1. The number of guanidine groups is 1. The van der Waals surface area contributed by atoms with Crippen LogP contribution >= 0.6 is 24.0 Å². The van der Waals surface area contributed by atoms with Crippen LogP contribution in [0, 0.1) is 0 Å². The van der Waals surface area contributed by atoms with Gasteiger partial charge in [-0.15, -0.1) is 24.0 Å². The number of halogens is 1. The fourth-order valence-corrected chi connectivity index (χ4v) is 1.94. The SMILES string of the molecule is COc1ccccc1CCNC1=NCCN1C.I. The Morgan fingerprint density at radius 1 is 1.39 bits per heavy atom. The van der Waals surface area contributed by atoms with Crippen molar-refractivity contribution >= 4 is 29.9 Å². The second-order valence-corrected chi connectivity index (χ2v) is 4.12. The van der Waals surface area contributed by atoms with Crippen LogP contribution in [0.5, 0.6) is 5.75 Å². The highest BCUT2D eigenvalue weighted by molar-refractivity contribution is 14.0. The summed E-state index contributed by atoms with van der Waals surface area (Å²) in [6.07, 6.45) is 0.941. The number of nitrogens with one attached hydrogen (secondary N) is 1. The second kappa shape index (κ2) is 7.45. The Morgan fingerprint density at radius 2 is 2.17 bits per heavy atom. The molecule has 0 aromatic heterocycles. The van der Waals surface area contributed by atoms with Crippen molar-refractivity contribution in [2.75, 3.05) is 33.8 Å². The minimum atomic E-state index is 0. The van der Waals surface area contributed by atoms with Crippen molar-refractivity contribution < 1.29 is 4.74 Å². The summed E-state index contributed by atoms with van der Waals surface area (Å²) in [5.74, 6) is 1.95. The van der Waals surface area contributed by atoms with Gasteiger partial charge >= 0.3 is 0 Å². The van der Waals surface area contributed by atoms with Crippen molar-refractivity contribution in [3.05, 3.63) is 29.8 Å². The molecule has 100 valence electrons. The molecule has 1 aromatic carbocycles. The Bertz CT molecular complexity index is 409. The summed E-state index contributed by atoms with van der Waals surface area (Å²) in [6.45, 7) is 2.79. The molecule has 0 unspecified atom stereocenters. The molecule has 0 saturated heterocycles. The predicted octanol–water partition coefficient (Wildman–Crippen LogP) is 1.75. The monoisotopic (exact) mass is 361 g/mol. The summed E-state index contributed by atoms with van der Waals surface area (Å²) in [4.78, 5) is 6.53. The Hall–Kier alpha value is -0.980. The molecule has 5 heteroatoms. The second-order valence-electron chi connectivity index (χ2n) is 4.12. The molecule has 0 radical (unpaired) electrons. The molecule has 1 N–H and O–H groups in total. The molecule has 0 fully saturated rings. The zero-order chi connectivity index (χ0) is 12.1. The molecule has 0 atom stereocenters. The first kappa shape index (κ1) is 15.1. The molecule has 0 bridgehead atoms. The van der Waals surface area contributed by atoms with E-state index in [0.717, 1.165) is 37.8 Å². The molecule has 0 aliphatic carbocycles. The lowest BCUT2D eigenvalue weighted by atomic mass is 10.1. The van der Waals surface area contributed by atoms with E-state index in [4.69, 9.17) is 4.74 Å². The van der Waals surface area contributed by atoms with Gasteiger partial charge in [0.05, 0.1) is 13.7 Å². The van der Waals surface area contributed by atoms with Gasteiger partial charge < -0.3 is 15.0 Å². The van der Waals surface area contributed by atoms with E-state index in [2.05, 4.69) is 28.3 Å². The van der Waals surface area contributed by atoms with E-state index in [1.807, 2.05) is 18.2 Å². The van der Waals surface area contributed by atoms with Crippen LogP contribution < -0.4 is 10.1 Å². The summed E-state index contributed by atoms with van der Waals surface area (Å²) in [5, 5.41) is 3.35. The Balaban J connectivity index is 0.00000162. The van der Waals surface area contributed by atoms with Gasteiger partial charge in [0.1, 0.15) is 5.75 Å². The number of methoxy groups -OCH3 is 1. The molecule has 1 heterocycles. The first-order valence-corrected chi connectivity index (χ1v) is 5.92. The quantitative estimate of drug-likeness (QED) is 0.831. The minimum absolute atomic E-state index is 0. The van der Waals surface area contributed by atoms with Crippen LogP contribution in [0.2, 0.25) is 0 Å². The highest BCUT2D eigenvalue weighted by Gasteiger charge is 2.11. The van der Waals surface area contributed by atoms with Crippen molar-refractivity contribution in [2.45, 2.75) is 6.42 Å². The van der Waals surface area contributed by atoms with Crippen LogP contribution in [0.25, 0.3) is 0 Å². The van der Waals surface area contributed by atoms with E-state index in [-0.39, 0.29) is 24.0 Å². The van der Waals surface area contributed by atoms with E-state index in [9.17, 15) is 0 Å². The fraction of sp³-hybridized carbons (Fsp3) is 0.462. The maximum Gasteiger partial charge on any atom is 0.193 e. The number of rotatable bonds is 4. The molecule has 1 aliphatic rings. The highest BCUT2D eigenvalue weighted by atomic mass is 127. The fourth-order valence-electron chi connectivity index (χ4n) is 1.94. The number of hydrogen-bond donors (Lipinski definition) is 1. The van der Waals surface area contributed by atoms with Crippen LogP contribution in [-0.4, -0.2) is 44.7 Å². The number of benzene rings is 1. The number of nitrogens with zero attached hydrogens (tertiary/aromatic N) is 2. The predicted molar refractivity (Wildman–Crippen MR) is 85.0 cm³/mol. The average Bonchev–Trinajstić information content (AvgIpc) is 2.76. The third-order valence-corrected chi connectivity index (χ3v) is 2.93. The third-order valence-electron chi connectivity index (χ3n) is 2.93. The Labute approximate surface area is 125 Å². The number of para-hydroxylation sites is 1. The molecule has 4 nitrogen and oxygen atoms in total. The minimum Gasteiger partial charge on any atom is -0.496 e. The largest absolute Gasteiger partial charge is 0.496 e. The smallest absolute Gasteiger partial charge is 0.193 e. The lowest BCUT2D eigenvalue weighted by Crippen LogP contribution is -2.36.